The minimum Gasteiger partial charge on any atom is -0.480 e. The van der Waals surface area contributed by atoms with Gasteiger partial charge in [0.2, 0.25) is 0 Å². The van der Waals surface area contributed by atoms with Crippen molar-refractivity contribution in [3.63, 3.8) is 0 Å². The molecule has 1 aliphatic rings. The van der Waals surface area contributed by atoms with Crippen LogP contribution in [-0.4, -0.2) is 38.3 Å². The fourth-order valence-electron chi connectivity index (χ4n) is 1.98. The van der Waals surface area contributed by atoms with Crippen LogP contribution in [0.15, 0.2) is 0 Å². The lowest BCUT2D eigenvalue weighted by molar-refractivity contribution is -0.139. The molecule has 0 heterocycles. The molecule has 4 N–H and O–H groups in total. The Morgan fingerprint density at radius 1 is 1.44 bits per heavy atom. The van der Waals surface area contributed by atoms with Crippen molar-refractivity contribution in [2.45, 2.75) is 61.7 Å². The molecule has 4 nitrogen and oxygen atoms in total. The molecular weight excluding hydrogens is 226 g/mol. The van der Waals surface area contributed by atoms with Gasteiger partial charge in [0.1, 0.15) is 6.04 Å². The smallest absolute Gasteiger partial charge is 0.321 e. The van der Waals surface area contributed by atoms with Gasteiger partial charge < -0.3 is 15.9 Å². The van der Waals surface area contributed by atoms with Crippen LogP contribution in [0.2, 0.25) is 0 Å². The average molecular weight is 247 g/mol. The second kappa shape index (κ2) is 5.38. The first kappa shape index (κ1) is 13.8. The molecule has 94 valence electrons. The Balaban J connectivity index is 2.60. The van der Waals surface area contributed by atoms with Gasteiger partial charge in [0.05, 0.1) is 6.10 Å². The molecule has 0 amide bonds. The molecule has 0 radical (unpaired) electrons. The number of carboxylic acids is 1. The zero-order valence-electron chi connectivity index (χ0n) is 9.85. The third kappa shape index (κ3) is 3.37. The van der Waals surface area contributed by atoms with Crippen LogP contribution in [0, 0.1) is 0 Å². The number of hydrogen-bond acceptors (Lipinski definition) is 4. The standard InChI is InChI=1S/C11H21NO3S/c1-11(2,9(12)10(14)15)16-8-6-4-3-5-7(8)13/h7-9,13H,3-6,12H2,1-2H3,(H,14,15)/t7?,8?,9-/m0/s1. The van der Waals surface area contributed by atoms with Gasteiger partial charge in [0.15, 0.2) is 0 Å². The van der Waals surface area contributed by atoms with Crippen LogP contribution in [-0.2, 0) is 4.79 Å². The van der Waals surface area contributed by atoms with Gasteiger partial charge in [0, 0.05) is 10.00 Å². The van der Waals surface area contributed by atoms with Crippen LogP contribution < -0.4 is 5.73 Å². The number of nitrogens with two attached hydrogens (primary N) is 1. The minimum absolute atomic E-state index is 0.120. The maximum atomic E-state index is 10.9. The fraction of sp³-hybridized carbons (Fsp3) is 0.909. The molecule has 0 aliphatic heterocycles. The highest BCUT2D eigenvalue weighted by molar-refractivity contribution is 8.01. The molecule has 0 aromatic heterocycles. The maximum Gasteiger partial charge on any atom is 0.321 e. The molecular formula is C11H21NO3S. The van der Waals surface area contributed by atoms with Crippen molar-refractivity contribution < 1.29 is 15.0 Å². The van der Waals surface area contributed by atoms with E-state index in [1.807, 2.05) is 13.8 Å². The van der Waals surface area contributed by atoms with E-state index < -0.39 is 16.8 Å². The third-order valence-electron chi connectivity index (χ3n) is 3.14. The largest absolute Gasteiger partial charge is 0.480 e. The van der Waals surface area contributed by atoms with Crippen LogP contribution in [0.5, 0.6) is 0 Å². The summed E-state index contributed by atoms with van der Waals surface area (Å²) < 4.78 is -0.547. The predicted molar refractivity (Wildman–Crippen MR) is 65.5 cm³/mol. The molecule has 1 saturated carbocycles. The molecule has 0 bridgehead atoms. The summed E-state index contributed by atoms with van der Waals surface area (Å²) in [7, 11) is 0. The van der Waals surface area contributed by atoms with Crippen LogP contribution in [0.4, 0.5) is 0 Å². The van der Waals surface area contributed by atoms with E-state index in [9.17, 15) is 9.90 Å². The Morgan fingerprint density at radius 3 is 2.50 bits per heavy atom. The quantitative estimate of drug-likeness (QED) is 0.695. The van der Waals surface area contributed by atoms with E-state index in [0.717, 1.165) is 25.7 Å². The van der Waals surface area contributed by atoms with Crippen molar-refractivity contribution in [1.29, 1.82) is 0 Å². The minimum atomic E-state index is -0.984. The molecule has 1 rings (SSSR count). The monoisotopic (exact) mass is 247 g/mol. The number of aliphatic carboxylic acids is 1. The van der Waals surface area contributed by atoms with Gasteiger partial charge in [-0.3, -0.25) is 4.79 Å². The first-order valence-electron chi connectivity index (χ1n) is 5.69. The highest BCUT2D eigenvalue weighted by atomic mass is 32.2. The van der Waals surface area contributed by atoms with Crippen molar-refractivity contribution in [2.75, 3.05) is 0 Å². The van der Waals surface area contributed by atoms with Crippen molar-refractivity contribution in [3.8, 4) is 0 Å². The molecule has 5 heteroatoms. The Hall–Kier alpha value is -0.260. The second-order valence-electron chi connectivity index (χ2n) is 4.93. The topological polar surface area (TPSA) is 83.5 Å². The first-order chi connectivity index (χ1) is 7.34. The summed E-state index contributed by atoms with van der Waals surface area (Å²) >= 11 is 1.51. The highest BCUT2D eigenvalue weighted by Gasteiger charge is 2.37. The fourth-order valence-corrected chi connectivity index (χ4v) is 3.58. The summed E-state index contributed by atoms with van der Waals surface area (Å²) in [6.45, 7) is 3.66. The van der Waals surface area contributed by atoms with Gasteiger partial charge in [-0.25, -0.2) is 0 Å². The van der Waals surface area contributed by atoms with E-state index in [1.165, 1.54) is 11.8 Å². The van der Waals surface area contributed by atoms with E-state index >= 15 is 0 Å². The number of rotatable bonds is 4. The van der Waals surface area contributed by atoms with E-state index in [0.29, 0.717) is 0 Å². The van der Waals surface area contributed by atoms with Gasteiger partial charge >= 0.3 is 5.97 Å². The van der Waals surface area contributed by atoms with Gasteiger partial charge in [-0.05, 0) is 26.7 Å². The van der Waals surface area contributed by atoms with E-state index in [4.69, 9.17) is 10.8 Å². The first-order valence-corrected chi connectivity index (χ1v) is 6.57. The molecule has 0 saturated heterocycles. The van der Waals surface area contributed by atoms with Gasteiger partial charge in [0.25, 0.3) is 0 Å². The summed E-state index contributed by atoms with van der Waals surface area (Å²) in [6.07, 6.45) is 3.60. The molecule has 0 spiro atoms. The summed E-state index contributed by atoms with van der Waals surface area (Å²) in [5, 5.41) is 18.9. The van der Waals surface area contributed by atoms with E-state index in [-0.39, 0.29) is 11.4 Å². The van der Waals surface area contributed by atoms with Crippen molar-refractivity contribution in [3.05, 3.63) is 0 Å². The number of aliphatic hydroxyl groups is 1. The molecule has 1 fully saturated rings. The zero-order chi connectivity index (χ0) is 12.3. The number of aliphatic hydroxyl groups excluding tert-OH is 1. The van der Waals surface area contributed by atoms with E-state index in [2.05, 4.69) is 0 Å². The van der Waals surface area contributed by atoms with E-state index in [1.54, 1.807) is 0 Å². The maximum absolute atomic E-state index is 10.9. The lowest BCUT2D eigenvalue weighted by Crippen LogP contribution is -2.48. The molecule has 3 atom stereocenters. The molecule has 1 aliphatic carbocycles. The summed E-state index contributed by atoms with van der Waals surface area (Å²) in [4.78, 5) is 10.9. The molecule has 16 heavy (non-hydrogen) atoms. The lowest BCUT2D eigenvalue weighted by Gasteiger charge is -2.36. The SMILES string of the molecule is CC(C)(SC1CCCCC1O)[C@@H](N)C(=O)O. The van der Waals surface area contributed by atoms with Crippen LogP contribution in [0.1, 0.15) is 39.5 Å². The Morgan fingerprint density at radius 2 is 2.00 bits per heavy atom. The third-order valence-corrected chi connectivity index (χ3v) is 4.85. The van der Waals surface area contributed by atoms with Crippen molar-refractivity contribution in [1.82, 2.24) is 0 Å². The van der Waals surface area contributed by atoms with Crippen molar-refractivity contribution in [2.24, 2.45) is 5.73 Å². The number of thioether (sulfide) groups is 1. The van der Waals surface area contributed by atoms with Gasteiger partial charge in [-0.15, -0.1) is 11.8 Å². The number of carboxylic acid groups (broad SMARTS) is 1. The molecule has 2 unspecified atom stereocenters. The van der Waals surface area contributed by atoms with Crippen LogP contribution in [0.25, 0.3) is 0 Å². The van der Waals surface area contributed by atoms with Crippen LogP contribution >= 0.6 is 11.8 Å². The summed E-state index contributed by atoms with van der Waals surface area (Å²) in [6, 6.07) is -0.897. The van der Waals surface area contributed by atoms with Gasteiger partial charge in [-0.1, -0.05) is 12.8 Å². The lowest BCUT2D eigenvalue weighted by atomic mass is 9.97. The molecule has 0 aromatic rings. The zero-order valence-corrected chi connectivity index (χ0v) is 10.7. The molecule has 0 aromatic carbocycles. The Bertz CT molecular complexity index is 258. The predicted octanol–water partition coefficient (Wildman–Crippen LogP) is 1.21. The van der Waals surface area contributed by atoms with Crippen LogP contribution in [0.3, 0.4) is 0 Å². The number of hydrogen-bond donors (Lipinski definition) is 3. The van der Waals surface area contributed by atoms with Crippen molar-refractivity contribution >= 4 is 17.7 Å². The Kier molecular flexibility index (Phi) is 4.64. The second-order valence-corrected chi connectivity index (χ2v) is 6.82. The van der Waals surface area contributed by atoms with Gasteiger partial charge in [-0.2, -0.15) is 0 Å². The number of carbonyl (C=O) groups is 1. The summed E-state index contributed by atoms with van der Waals surface area (Å²) in [5.74, 6) is -0.984. The Labute approximate surface area is 101 Å². The normalized spacial score (nSPS) is 28.8. The average Bonchev–Trinajstić information content (AvgIpc) is 2.20. The summed E-state index contributed by atoms with van der Waals surface area (Å²) in [5.41, 5.74) is 5.65. The highest BCUT2D eigenvalue weighted by Crippen LogP contribution is 2.38.